The third-order valence-corrected chi connectivity index (χ3v) is 3.29. The Morgan fingerprint density at radius 2 is 1.95 bits per heavy atom. The van der Waals surface area contributed by atoms with Crippen LogP contribution in [0.5, 0.6) is 0 Å². The third-order valence-electron chi connectivity index (χ3n) is 3.29. The van der Waals surface area contributed by atoms with Crippen molar-refractivity contribution in [3.05, 3.63) is 11.4 Å². The van der Waals surface area contributed by atoms with Gasteiger partial charge in [0.05, 0.1) is 17.9 Å². The molecule has 0 bridgehead atoms. The minimum atomic E-state index is -0.321. The quantitative estimate of drug-likeness (QED) is 0.555. The molecule has 1 aromatic rings. The molecule has 2 rings (SSSR count). The minimum Gasteiger partial charge on any atom is -0.353 e. The van der Waals surface area contributed by atoms with Gasteiger partial charge in [-0.1, -0.05) is 13.8 Å². The standard InChI is InChI=1S/C13H20N6O2/c1-3-9-10(4-2)17-18-12(16-9)14-6-5-7-19-11(20)8-15-13(19)21/h3-8H2,1-2H3,(H,15,21)(H,14,16,18). The maximum absolute atomic E-state index is 11.4. The molecule has 3 amide bonds. The zero-order valence-corrected chi connectivity index (χ0v) is 12.3. The Morgan fingerprint density at radius 3 is 2.57 bits per heavy atom. The molecule has 0 atom stereocenters. The molecule has 0 aliphatic carbocycles. The minimum absolute atomic E-state index is 0.0949. The fraction of sp³-hybridized carbons (Fsp3) is 0.615. The van der Waals surface area contributed by atoms with Crippen molar-refractivity contribution in [3.63, 3.8) is 0 Å². The SMILES string of the molecule is CCc1nnc(NCCCN2C(=O)CNC2=O)nc1CC. The van der Waals surface area contributed by atoms with Crippen LogP contribution >= 0.6 is 0 Å². The Bertz CT molecular complexity index is 517. The molecule has 2 N–H and O–H groups in total. The predicted molar refractivity (Wildman–Crippen MR) is 76.8 cm³/mol. The van der Waals surface area contributed by atoms with Crippen LogP contribution in [0.4, 0.5) is 10.7 Å². The fourth-order valence-electron chi connectivity index (χ4n) is 2.13. The molecular formula is C13H20N6O2. The Hall–Kier alpha value is -2.25. The largest absolute Gasteiger partial charge is 0.353 e. The van der Waals surface area contributed by atoms with Crippen molar-refractivity contribution in [2.24, 2.45) is 0 Å². The van der Waals surface area contributed by atoms with Crippen LogP contribution in [0.15, 0.2) is 0 Å². The van der Waals surface area contributed by atoms with Crippen molar-refractivity contribution >= 4 is 17.9 Å². The molecule has 0 radical (unpaired) electrons. The number of nitrogens with one attached hydrogen (secondary N) is 2. The second kappa shape index (κ2) is 6.96. The highest BCUT2D eigenvalue weighted by Crippen LogP contribution is 2.07. The summed E-state index contributed by atoms with van der Waals surface area (Å²) >= 11 is 0. The summed E-state index contributed by atoms with van der Waals surface area (Å²) in [5.41, 5.74) is 1.87. The lowest BCUT2D eigenvalue weighted by Gasteiger charge is -2.12. The van der Waals surface area contributed by atoms with E-state index in [1.165, 1.54) is 4.90 Å². The number of hydrogen-bond acceptors (Lipinski definition) is 6. The zero-order valence-electron chi connectivity index (χ0n) is 12.3. The smallest absolute Gasteiger partial charge is 0.324 e. The number of urea groups is 1. The predicted octanol–water partition coefficient (Wildman–Crippen LogP) is 0.350. The number of nitrogens with zero attached hydrogens (tertiary/aromatic N) is 4. The summed E-state index contributed by atoms with van der Waals surface area (Å²) in [7, 11) is 0. The van der Waals surface area contributed by atoms with Gasteiger partial charge in [-0.25, -0.2) is 9.78 Å². The number of carbonyl (C=O) groups excluding carboxylic acids is 2. The molecule has 1 saturated heterocycles. The Labute approximate surface area is 123 Å². The number of amides is 3. The first-order valence-corrected chi connectivity index (χ1v) is 7.20. The molecule has 114 valence electrons. The molecule has 21 heavy (non-hydrogen) atoms. The summed E-state index contributed by atoms with van der Waals surface area (Å²) in [5.74, 6) is 0.305. The highest BCUT2D eigenvalue weighted by Gasteiger charge is 2.27. The summed E-state index contributed by atoms with van der Waals surface area (Å²) in [4.78, 5) is 28.4. The summed E-state index contributed by atoms with van der Waals surface area (Å²) < 4.78 is 0. The molecule has 8 nitrogen and oxygen atoms in total. The van der Waals surface area contributed by atoms with Crippen LogP contribution in [-0.2, 0) is 17.6 Å². The summed E-state index contributed by atoms with van der Waals surface area (Å²) in [6.07, 6.45) is 2.27. The van der Waals surface area contributed by atoms with Gasteiger partial charge < -0.3 is 10.6 Å². The maximum Gasteiger partial charge on any atom is 0.324 e. The Kier molecular flexibility index (Phi) is 5.02. The van der Waals surface area contributed by atoms with E-state index in [-0.39, 0.29) is 18.5 Å². The summed E-state index contributed by atoms with van der Waals surface area (Å²) in [6, 6.07) is -0.321. The van der Waals surface area contributed by atoms with Crippen molar-refractivity contribution in [1.29, 1.82) is 0 Å². The normalized spacial score (nSPS) is 14.5. The van der Waals surface area contributed by atoms with Crippen molar-refractivity contribution in [1.82, 2.24) is 25.4 Å². The van der Waals surface area contributed by atoms with E-state index in [4.69, 9.17) is 0 Å². The number of hydrogen-bond donors (Lipinski definition) is 2. The molecule has 0 aromatic carbocycles. The number of aromatic nitrogens is 3. The van der Waals surface area contributed by atoms with Crippen LogP contribution in [-0.4, -0.2) is 51.7 Å². The van der Waals surface area contributed by atoms with E-state index in [0.717, 1.165) is 24.2 Å². The molecule has 1 fully saturated rings. The van der Waals surface area contributed by atoms with E-state index in [2.05, 4.69) is 25.8 Å². The molecule has 2 heterocycles. The van der Waals surface area contributed by atoms with E-state index >= 15 is 0 Å². The van der Waals surface area contributed by atoms with Crippen molar-refractivity contribution < 1.29 is 9.59 Å². The molecule has 8 heteroatoms. The lowest BCUT2D eigenvalue weighted by atomic mass is 10.2. The topological polar surface area (TPSA) is 100 Å². The molecule has 0 unspecified atom stereocenters. The van der Waals surface area contributed by atoms with Gasteiger partial charge >= 0.3 is 6.03 Å². The average molecular weight is 292 g/mol. The van der Waals surface area contributed by atoms with Crippen LogP contribution < -0.4 is 10.6 Å². The molecule has 1 aromatic heterocycles. The number of aryl methyl sites for hydroxylation is 2. The number of rotatable bonds is 7. The maximum atomic E-state index is 11.4. The van der Waals surface area contributed by atoms with Gasteiger partial charge in [0.25, 0.3) is 0 Å². The van der Waals surface area contributed by atoms with Crippen LogP contribution in [0.25, 0.3) is 0 Å². The van der Waals surface area contributed by atoms with Gasteiger partial charge in [0.1, 0.15) is 0 Å². The third kappa shape index (κ3) is 3.65. The van der Waals surface area contributed by atoms with Crippen LogP contribution in [0.2, 0.25) is 0 Å². The second-order valence-electron chi connectivity index (χ2n) is 4.72. The van der Waals surface area contributed by atoms with Gasteiger partial charge in [-0.15, -0.1) is 5.10 Å². The number of anilines is 1. The number of carbonyl (C=O) groups is 2. The first-order chi connectivity index (χ1) is 10.2. The first-order valence-electron chi connectivity index (χ1n) is 7.20. The molecular weight excluding hydrogens is 272 g/mol. The lowest BCUT2D eigenvalue weighted by molar-refractivity contribution is -0.124. The highest BCUT2D eigenvalue weighted by molar-refractivity contribution is 6.01. The second-order valence-corrected chi connectivity index (χ2v) is 4.72. The van der Waals surface area contributed by atoms with Crippen molar-refractivity contribution in [3.8, 4) is 0 Å². The molecule has 0 saturated carbocycles. The van der Waals surface area contributed by atoms with E-state index < -0.39 is 0 Å². The van der Waals surface area contributed by atoms with Crippen LogP contribution in [0.3, 0.4) is 0 Å². The van der Waals surface area contributed by atoms with Gasteiger partial charge in [-0.05, 0) is 19.3 Å². The highest BCUT2D eigenvalue weighted by atomic mass is 16.2. The molecule has 1 aliphatic heterocycles. The van der Waals surface area contributed by atoms with Crippen LogP contribution in [0, 0.1) is 0 Å². The van der Waals surface area contributed by atoms with Gasteiger partial charge in [0.2, 0.25) is 11.9 Å². The van der Waals surface area contributed by atoms with Gasteiger partial charge in [0.15, 0.2) is 0 Å². The number of imide groups is 1. The zero-order chi connectivity index (χ0) is 15.2. The van der Waals surface area contributed by atoms with Crippen molar-refractivity contribution in [2.75, 3.05) is 25.0 Å². The van der Waals surface area contributed by atoms with Gasteiger partial charge in [-0.3, -0.25) is 9.69 Å². The Balaban J connectivity index is 1.81. The summed E-state index contributed by atoms with van der Waals surface area (Å²) in [6.45, 7) is 5.12. The summed E-state index contributed by atoms with van der Waals surface area (Å²) in [5, 5.41) is 13.7. The monoisotopic (exact) mass is 292 g/mol. The molecule has 1 aliphatic rings. The molecule has 0 spiro atoms. The first kappa shape index (κ1) is 15.1. The van der Waals surface area contributed by atoms with E-state index in [1.54, 1.807) is 0 Å². The fourth-order valence-corrected chi connectivity index (χ4v) is 2.13. The lowest BCUT2D eigenvalue weighted by Crippen LogP contribution is -2.32. The van der Waals surface area contributed by atoms with Crippen LogP contribution in [0.1, 0.15) is 31.7 Å². The van der Waals surface area contributed by atoms with E-state index in [0.29, 0.717) is 25.5 Å². The van der Waals surface area contributed by atoms with E-state index in [1.807, 2.05) is 13.8 Å². The van der Waals surface area contributed by atoms with Gasteiger partial charge in [0, 0.05) is 13.1 Å². The van der Waals surface area contributed by atoms with Crippen molar-refractivity contribution in [2.45, 2.75) is 33.1 Å². The van der Waals surface area contributed by atoms with E-state index in [9.17, 15) is 9.59 Å². The average Bonchev–Trinajstić information content (AvgIpc) is 2.82. The Morgan fingerprint density at radius 1 is 1.19 bits per heavy atom. The van der Waals surface area contributed by atoms with Gasteiger partial charge in [-0.2, -0.15) is 5.10 Å².